The molecule has 0 aliphatic carbocycles. The summed E-state index contributed by atoms with van der Waals surface area (Å²) in [7, 11) is 1.68. The van der Waals surface area contributed by atoms with E-state index in [1.807, 2.05) is 0 Å². The number of pyridine rings is 1. The van der Waals surface area contributed by atoms with Crippen molar-refractivity contribution in [3.05, 3.63) is 65.1 Å². The average molecular weight is 487 g/mol. The van der Waals surface area contributed by atoms with Crippen molar-refractivity contribution in [2.45, 2.75) is 6.92 Å². The van der Waals surface area contributed by atoms with E-state index in [2.05, 4.69) is 20.5 Å². The fourth-order valence-corrected chi connectivity index (χ4v) is 3.16. The van der Waals surface area contributed by atoms with E-state index < -0.39 is 6.16 Å². The van der Waals surface area contributed by atoms with Gasteiger partial charge in [-0.1, -0.05) is 23.7 Å². The van der Waals surface area contributed by atoms with E-state index in [0.29, 0.717) is 21.8 Å². The SMILES string of the molecule is CCOC(=O)OCN(N)/C(=N\N)c1c(-c2ccc(C(=O)Nc3ncccc3Cl)cc2)cnn1C. The van der Waals surface area contributed by atoms with Crippen LogP contribution in [0.4, 0.5) is 10.6 Å². The monoisotopic (exact) mass is 486 g/mol. The van der Waals surface area contributed by atoms with Gasteiger partial charge in [0, 0.05) is 24.4 Å². The van der Waals surface area contributed by atoms with Crippen LogP contribution < -0.4 is 17.0 Å². The lowest BCUT2D eigenvalue weighted by Crippen LogP contribution is -2.42. The Morgan fingerprint density at radius 2 is 1.97 bits per heavy atom. The zero-order valence-corrected chi connectivity index (χ0v) is 19.2. The van der Waals surface area contributed by atoms with Gasteiger partial charge in [-0.2, -0.15) is 10.2 Å². The molecule has 0 spiro atoms. The molecule has 1 amide bonds. The van der Waals surface area contributed by atoms with Crippen molar-refractivity contribution in [2.24, 2.45) is 23.8 Å². The number of rotatable bonds is 7. The number of hydrogen-bond acceptors (Lipinski definition) is 9. The minimum Gasteiger partial charge on any atom is -0.435 e. The first-order valence-corrected chi connectivity index (χ1v) is 10.4. The number of halogens is 1. The van der Waals surface area contributed by atoms with Crippen molar-refractivity contribution in [1.29, 1.82) is 0 Å². The third kappa shape index (κ3) is 5.60. The zero-order chi connectivity index (χ0) is 24.7. The molecule has 3 aromatic rings. The van der Waals surface area contributed by atoms with Gasteiger partial charge in [0.1, 0.15) is 5.69 Å². The molecule has 0 bridgehead atoms. The Bertz CT molecular complexity index is 1200. The molecule has 5 N–H and O–H groups in total. The van der Waals surface area contributed by atoms with Gasteiger partial charge >= 0.3 is 6.16 Å². The number of carbonyl (C=O) groups excluding carboxylic acids is 2. The van der Waals surface area contributed by atoms with Crippen LogP contribution in [0.3, 0.4) is 0 Å². The summed E-state index contributed by atoms with van der Waals surface area (Å²) >= 11 is 6.05. The molecule has 0 radical (unpaired) electrons. The van der Waals surface area contributed by atoms with E-state index in [4.69, 9.17) is 32.8 Å². The fraction of sp³-hybridized carbons (Fsp3) is 0.190. The Hall–Kier alpha value is -4.16. The minimum absolute atomic E-state index is 0.117. The van der Waals surface area contributed by atoms with Gasteiger partial charge in [0.15, 0.2) is 18.4 Å². The highest BCUT2D eigenvalue weighted by Gasteiger charge is 2.22. The van der Waals surface area contributed by atoms with E-state index >= 15 is 0 Å². The number of aryl methyl sites for hydroxylation is 1. The highest BCUT2D eigenvalue weighted by atomic mass is 35.5. The molecule has 0 atom stereocenters. The van der Waals surface area contributed by atoms with Crippen molar-refractivity contribution in [3.63, 3.8) is 0 Å². The molecule has 1 aromatic carbocycles. The average Bonchev–Trinajstić information content (AvgIpc) is 3.21. The van der Waals surface area contributed by atoms with Gasteiger partial charge < -0.3 is 20.6 Å². The summed E-state index contributed by atoms with van der Waals surface area (Å²) < 4.78 is 11.2. The standard InChI is InChI=1S/C21H23ClN8O4/c1-3-33-21(32)34-12-30(24)19(28-23)17-15(11-26-29(17)2)13-6-8-14(9-7-13)20(31)27-18-16(22)5-4-10-25-18/h4-11H,3,12,23-24H2,1-2H3,(H,25,27,31)/b28-19-. The summed E-state index contributed by atoms with van der Waals surface area (Å²) in [5, 5.41) is 12.0. The topological polar surface area (TPSA) is 163 Å². The van der Waals surface area contributed by atoms with Gasteiger partial charge in [-0.15, -0.1) is 0 Å². The van der Waals surface area contributed by atoms with Crippen molar-refractivity contribution in [1.82, 2.24) is 19.8 Å². The van der Waals surface area contributed by atoms with Gasteiger partial charge in [-0.05, 0) is 36.8 Å². The first-order valence-electron chi connectivity index (χ1n) is 10.00. The number of anilines is 1. The van der Waals surface area contributed by atoms with Crippen LogP contribution in [0.15, 0.2) is 53.9 Å². The Kier molecular flexibility index (Phi) is 8.01. The molecule has 34 heavy (non-hydrogen) atoms. The lowest BCUT2D eigenvalue weighted by atomic mass is 10.0. The number of aromatic nitrogens is 3. The summed E-state index contributed by atoms with van der Waals surface area (Å²) in [5.74, 6) is 11.6. The molecule has 0 unspecified atom stereocenters. The van der Waals surface area contributed by atoms with Crippen molar-refractivity contribution < 1.29 is 19.1 Å². The van der Waals surface area contributed by atoms with E-state index in [1.165, 1.54) is 10.9 Å². The number of nitrogens with one attached hydrogen (secondary N) is 1. The molecule has 0 aliphatic rings. The second-order valence-corrected chi connectivity index (χ2v) is 7.18. The molecule has 0 fully saturated rings. The lowest BCUT2D eigenvalue weighted by molar-refractivity contribution is 0.0331. The molecule has 178 valence electrons. The Morgan fingerprint density at radius 1 is 1.24 bits per heavy atom. The molecule has 2 aromatic heterocycles. The molecule has 3 rings (SSSR count). The van der Waals surface area contributed by atoms with Crippen LogP contribution in [0.1, 0.15) is 23.0 Å². The predicted molar refractivity (Wildman–Crippen MR) is 126 cm³/mol. The summed E-state index contributed by atoms with van der Waals surface area (Å²) in [4.78, 5) is 28.1. The molecule has 0 saturated heterocycles. The lowest BCUT2D eigenvalue weighted by Gasteiger charge is -2.20. The van der Waals surface area contributed by atoms with Gasteiger partial charge in [0.05, 0.1) is 17.8 Å². The number of benzene rings is 1. The Balaban J connectivity index is 1.80. The summed E-state index contributed by atoms with van der Waals surface area (Å²) in [6.45, 7) is 1.46. The van der Waals surface area contributed by atoms with Crippen molar-refractivity contribution >= 4 is 35.3 Å². The Morgan fingerprint density at radius 3 is 2.62 bits per heavy atom. The smallest absolute Gasteiger partial charge is 0.435 e. The molecule has 2 heterocycles. The zero-order valence-electron chi connectivity index (χ0n) is 18.4. The molecular formula is C21H23ClN8O4. The number of nitrogens with two attached hydrogens (primary N) is 2. The van der Waals surface area contributed by atoms with Gasteiger partial charge in [0.2, 0.25) is 0 Å². The van der Waals surface area contributed by atoms with Gasteiger partial charge in [0.25, 0.3) is 5.91 Å². The minimum atomic E-state index is -0.875. The Labute approximate surface area is 200 Å². The van der Waals surface area contributed by atoms with E-state index in [0.717, 1.165) is 10.6 Å². The maximum Gasteiger partial charge on any atom is 0.510 e. The second kappa shape index (κ2) is 11.1. The molecule has 13 heteroatoms. The quantitative estimate of drug-likeness (QED) is 0.113. The third-order valence-electron chi connectivity index (χ3n) is 4.58. The molecule has 0 saturated carbocycles. The van der Waals surface area contributed by atoms with E-state index in [9.17, 15) is 9.59 Å². The summed E-state index contributed by atoms with van der Waals surface area (Å²) in [6.07, 6.45) is 2.26. The van der Waals surface area contributed by atoms with Crippen molar-refractivity contribution in [3.8, 4) is 11.1 Å². The maximum absolute atomic E-state index is 12.6. The second-order valence-electron chi connectivity index (χ2n) is 6.77. The van der Waals surface area contributed by atoms with Gasteiger partial charge in [-0.3, -0.25) is 14.5 Å². The van der Waals surface area contributed by atoms with Crippen molar-refractivity contribution in [2.75, 3.05) is 18.7 Å². The number of amidine groups is 1. The first kappa shape index (κ1) is 24.5. The van der Waals surface area contributed by atoms with Crippen LogP contribution in [-0.4, -0.2) is 51.0 Å². The normalized spacial score (nSPS) is 11.1. The molecule has 12 nitrogen and oxygen atoms in total. The van der Waals surface area contributed by atoms with E-state index in [-0.39, 0.29) is 30.9 Å². The summed E-state index contributed by atoms with van der Waals surface area (Å²) in [5.41, 5.74) is 2.22. The molecular weight excluding hydrogens is 464 g/mol. The third-order valence-corrected chi connectivity index (χ3v) is 4.88. The van der Waals surface area contributed by atoms with Crippen LogP contribution in [0, 0.1) is 0 Å². The van der Waals surface area contributed by atoms with Gasteiger partial charge in [-0.25, -0.2) is 15.6 Å². The highest BCUT2D eigenvalue weighted by molar-refractivity contribution is 6.33. The fourth-order valence-electron chi connectivity index (χ4n) is 2.99. The highest BCUT2D eigenvalue weighted by Crippen LogP contribution is 2.25. The summed E-state index contributed by atoms with van der Waals surface area (Å²) in [6, 6.07) is 10.1. The number of hydrazone groups is 1. The van der Waals surface area contributed by atoms with Crippen LogP contribution >= 0.6 is 11.6 Å². The first-order chi connectivity index (χ1) is 16.3. The number of carbonyl (C=O) groups is 2. The number of hydrazine groups is 1. The largest absolute Gasteiger partial charge is 0.510 e. The predicted octanol–water partition coefficient (Wildman–Crippen LogP) is 2.31. The van der Waals surface area contributed by atoms with E-state index in [1.54, 1.807) is 56.6 Å². The number of ether oxygens (including phenoxy) is 2. The van der Waals surface area contributed by atoms with Crippen LogP contribution in [0.2, 0.25) is 5.02 Å². The molecule has 0 aliphatic heterocycles. The van der Waals surface area contributed by atoms with Crippen LogP contribution in [-0.2, 0) is 16.5 Å². The number of hydrogen-bond donors (Lipinski definition) is 3. The number of nitrogens with zero attached hydrogens (tertiary/aromatic N) is 5. The number of amides is 1. The maximum atomic E-state index is 12.6. The van der Waals surface area contributed by atoms with Crippen LogP contribution in [0.5, 0.6) is 0 Å². The van der Waals surface area contributed by atoms with Crippen LogP contribution in [0.25, 0.3) is 11.1 Å².